The Hall–Kier alpha value is -2.47. The molecule has 5 nitrogen and oxygen atoms in total. The lowest BCUT2D eigenvalue weighted by Gasteiger charge is -2.15. The summed E-state index contributed by atoms with van der Waals surface area (Å²) in [6.07, 6.45) is 4.94. The molecule has 0 aromatic heterocycles. The van der Waals surface area contributed by atoms with Crippen molar-refractivity contribution in [2.24, 2.45) is 0 Å². The number of hydrogen-bond donors (Lipinski definition) is 2. The van der Waals surface area contributed by atoms with Crippen LogP contribution in [0.25, 0.3) is 0 Å². The third-order valence-electron chi connectivity index (χ3n) is 4.78. The minimum Gasteiger partial charge on any atom is -0.482 e. The van der Waals surface area contributed by atoms with Crippen LogP contribution < -0.4 is 10.1 Å². The number of hydrogen-bond acceptors (Lipinski definition) is 4. The normalized spacial score (nSPS) is 14.1. The first-order valence-electron chi connectivity index (χ1n) is 9.46. The summed E-state index contributed by atoms with van der Waals surface area (Å²) in [6, 6.07) is 11.2. The van der Waals surface area contributed by atoms with E-state index in [1.54, 1.807) is 30.0 Å². The number of nitrogens with one attached hydrogen (secondary N) is 1. The fourth-order valence-electron chi connectivity index (χ4n) is 3.31. The molecule has 2 aromatic rings. The van der Waals surface area contributed by atoms with Gasteiger partial charge in [0.05, 0.1) is 5.56 Å². The molecule has 0 unspecified atom stereocenters. The minimum absolute atomic E-state index is 0.133. The van der Waals surface area contributed by atoms with Crippen LogP contribution in [0, 0.1) is 13.8 Å². The van der Waals surface area contributed by atoms with E-state index in [4.69, 9.17) is 9.84 Å². The molecule has 0 heterocycles. The standard InChI is InChI=1S/C22H25NO4S/c1-14-7-10-20(28-17-5-3-4-6-17)18(11-14)22(26)23-19-9-8-16(12-15(19)2)27-13-21(24)25/h7-12,17H,3-6,13H2,1-2H3,(H,23,26)(H,24,25). The SMILES string of the molecule is Cc1ccc(SC2CCCC2)c(C(=O)Nc2ccc(OCC(=O)O)cc2C)c1. The number of carbonyl (C=O) groups is 2. The average Bonchev–Trinajstić information content (AvgIpc) is 3.16. The highest BCUT2D eigenvalue weighted by Gasteiger charge is 2.20. The van der Waals surface area contributed by atoms with E-state index >= 15 is 0 Å². The van der Waals surface area contributed by atoms with E-state index in [0.717, 1.165) is 16.0 Å². The largest absolute Gasteiger partial charge is 0.482 e. The van der Waals surface area contributed by atoms with Crippen LogP contribution >= 0.6 is 11.8 Å². The van der Waals surface area contributed by atoms with E-state index in [-0.39, 0.29) is 5.91 Å². The molecule has 0 atom stereocenters. The molecule has 0 radical (unpaired) electrons. The number of ether oxygens (including phenoxy) is 1. The molecule has 2 aromatic carbocycles. The number of anilines is 1. The predicted molar refractivity (Wildman–Crippen MR) is 112 cm³/mol. The molecule has 2 N–H and O–H groups in total. The third kappa shape index (κ3) is 5.29. The van der Waals surface area contributed by atoms with Crippen molar-refractivity contribution in [3.05, 3.63) is 53.1 Å². The van der Waals surface area contributed by atoms with Crippen molar-refractivity contribution in [3.8, 4) is 5.75 Å². The summed E-state index contributed by atoms with van der Waals surface area (Å²) in [5.41, 5.74) is 3.25. The Labute approximate surface area is 169 Å². The summed E-state index contributed by atoms with van der Waals surface area (Å²) in [6.45, 7) is 3.45. The lowest BCUT2D eigenvalue weighted by atomic mass is 10.1. The van der Waals surface area contributed by atoms with Gasteiger partial charge in [-0.3, -0.25) is 4.79 Å². The summed E-state index contributed by atoms with van der Waals surface area (Å²) < 4.78 is 5.19. The first-order valence-corrected chi connectivity index (χ1v) is 10.3. The molecule has 1 aliphatic rings. The van der Waals surface area contributed by atoms with Gasteiger partial charge in [0.25, 0.3) is 5.91 Å². The lowest BCUT2D eigenvalue weighted by Crippen LogP contribution is -2.15. The van der Waals surface area contributed by atoms with Gasteiger partial charge in [-0.25, -0.2) is 4.79 Å². The third-order valence-corrected chi connectivity index (χ3v) is 6.20. The zero-order valence-electron chi connectivity index (χ0n) is 16.2. The molecule has 6 heteroatoms. The number of benzene rings is 2. The fraction of sp³-hybridized carbons (Fsp3) is 0.364. The molecule has 148 valence electrons. The first-order chi connectivity index (χ1) is 13.4. The number of amides is 1. The van der Waals surface area contributed by atoms with E-state index in [9.17, 15) is 9.59 Å². The summed E-state index contributed by atoms with van der Waals surface area (Å²) in [5.74, 6) is -0.695. The second-order valence-electron chi connectivity index (χ2n) is 7.14. The molecule has 3 rings (SSSR count). The zero-order valence-corrected chi connectivity index (χ0v) is 17.0. The van der Waals surface area contributed by atoms with Gasteiger partial charge in [-0.05, 0) is 62.6 Å². The van der Waals surface area contributed by atoms with Crippen LogP contribution in [0.4, 0.5) is 5.69 Å². The van der Waals surface area contributed by atoms with Crippen LogP contribution in [0.3, 0.4) is 0 Å². The Morgan fingerprint density at radius 3 is 2.57 bits per heavy atom. The van der Waals surface area contributed by atoms with Gasteiger partial charge in [0, 0.05) is 15.8 Å². The number of thioether (sulfide) groups is 1. The Bertz CT molecular complexity index is 875. The molecule has 0 spiro atoms. The topological polar surface area (TPSA) is 75.6 Å². The number of carbonyl (C=O) groups excluding carboxylic acids is 1. The predicted octanol–water partition coefficient (Wildman–Crippen LogP) is 5.05. The van der Waals surface area contributed by atoms with Crippen molar-refractivity contribution in [1.82, 2.24) is 0 Å². The van der Waals surface area contributed by atoms with Crippen molar-refractivity contribution >= 4 is 29.3 Å². The van der Waals surface area contributed by atoms with Gasteiger partial charge in [-0.2, -0.15) is 0 Å². The molecule has 28 heavy (non-hydrogen) atoms. The van der Waals surface area contributed by atoms with E-state index in [1.807, 2.05) is 32.0 Å². The highest BCUT2D eigenvalue weighted by Crippen LogP contribution is 2.37. The second kappa shape index (κ2) is 9.15. The number of aliphatic carboxylic acids is 1. The van der Waals surface area contributed by atoms with Gasteiger partial charge in [0.2, 0.25) is 0 Å². The number of carboxylic acid groups (broad SMARTS) is 1. The van der Waals surface area contributed by atoms with Gasteiger partial charge < -0.3 is 15.2 Å². The molecule has 1 amide bonds. The Morgan fingerprint density at radius 1 is 1.14 bits per heavy atom. The summed E-state index contributed by atoms with van der Waals surface area (Å²) in [5, 5.41) is 12.3. The van der Waals surface area contributed by atoms with Gasteiger partial charge in [-0.1, -0.05) is 24.5 Å². The van der Waals surface area contributed by atoms with E-state index in [2.05, 4.69) is 5.32 Å². The van der Waals surface area contributed by atoms with Crippen molar-refractivity contribution < 1.29 is 19.4 Å². The maximum atomic E-state index is 13.0. The molecule has 1 aliphatic carbocycles. The van der Waals surface area contributed by atoms with Crippen LogP contribution in [0.1, 0.15) is 47.2 Å². The van der Waals surface area contributed by atoms with E-state index in [0.29, 0.717) is 22.3 Å². The number of carboxylic acids is 1. The van der Waals surface area contributed by atoms with Gasteiger partial charge in [-0.15, -0.1) is 11.8 Å². The Morgan fingerprint density at radius 2 is 1.89 bits per heavy atom. The molecule has 0 saturated heterocycles. The Balaban J connectivity index is 1.75. The van der Waals surface area contributed by atoms with Crippen LogP contribution in [-0.2, 0) is 4.79 Å². The van der Waals surface area contributed by atoms with Crippen LogP contribution in [-0.4, -0.2) is 28.8 Å². The molecular weight excluding hydrogens is 374 g/mol. The molecule has 1 fully saturated rings. The molecule has 0 aliphatic heterocycles. The van der Waals surface area contributed by atoms with Crippen molar-refractivity contribution in [3.63, 3.8) is 0 Å². The number of rotatable bonds is 7. The smallest absolute Gasteiger partial charge is 0.341 e. The zero-order chi connectivity index (χ0) is 20.1. The first kappa shape index (κ1) is 20.3. The summed E-state index contributed by atoms with van der Waals surface area (Å²) in [7, 11) is 0. The van der Waals surface area contributed by atoms with Crippen molar-refractivity contribution in [2.45, 2.75) is 49.7 Å². The lowest BCUT2D eigenvalue weighted by molar-refractivity contribution is -0.139. The maximum Gasteiger partial charge on any atom is 0.341 e. The van der Waals surface area contributed by atoms with Crippen molar-refractivity contribution in [1.29, 1.82) is 0 Å². The molecule has 1 saturated carbocycles. The molecule has 0 bridgehead atoms. The highest BCUT2D eigenvalue weighted by atomic mass is 32.2. The monoisotopic (exact) mass is 399 g/mol. The summed E-state index contributed by atoms with van der Waals surface area (Å²) in [4.78, 5) is 24.6. The average molecular weight is 400 g/mol. The highest BCUT2D eigenvalue weighted by molar-refractivity contribution is 8.00. The van der Waals surface area contributed by atoms with Crippen molar-refractivity contribution in [2.75, 3.05) is 11.9 Å². The number of aryl methyl sites for hydroxylation is 2. The van der Waals surface area contributed by atoms with Gasteiger partial charge >= 0.3 is 5.97 Å². The van der Waals surface area contributed by atoms with Crippen LogP contribution in [0.2, 0.25) is 0 Å². The summed E-state index contributed by atoms with van der Waals surface area (Å²) >= 11 is 1.80. The quantitative estimate of drug-likeness (QED) is 0.681. The van der Waals surface area contributed by atoms with E-state index < -0.39 is 12.6 Å². The fourth-order valence-corrected chi connectivity index (χ4v) is 4.66. The second-order valence-corrected chi connectivity index (χ2v) is 8.48. The van der Waals surface area contributed by atoms with Crippen LogP contribution in [0.15, 0.2) is 41.3 Å². The Kier molecular flexibility index (Phi) is 6.62. The van der Waals surface area contributed by atoms with Gasteiger partial charge in [0.1, 0.15) is 5.75 Å². The van der Waals surface area contributed by atoms with Crippen LogP contribution in [0.5, 0.6) is 5.75 Å². The molecular formula is C22H25NO4S. The minimum atomic E-state index is -1.03. The van der Waals surface area contributed by atoms with E-state index in [1.165, 1.54) is 25.7 Å². The van der Waals surface area contributed by atoms with Gasteiger partial charge in [0.15, 0.2) is 6.61 Å². The maximum absolute atomic E-state index is 13.0.